The zero-order valence-electron chi connectivity index (χ0n) is 12.5. The van der Waals surface area contributed by atoms with Gasteiger partial charge in [-0.05, 0) is 37.5 Å². The van der Waals surface area contributed by atoms with Crippen LogP contribution in [0.1, 0.15) is 38.2 Å². The molecule has 0 amide bonds. The summed E-state index contributed by atoms with van der Waals surface area (Å²) in [4.78, 5) is 4.67. The van der Waals surface area contributed by atoms with Crippen molar-refractivity contribution in [2.45, 2.75) is 45.2 Å². The minimum absolute atomic E-state index is 0.313. The molecule has 1 aliphatic heterocycles. The maximum Gasteiger partial charge on any atom is 0.231 e. The van der Waals surface area contributed by atoms with Crippen LogP contribution in [-0.4, -0.2) is 25.3 Å². The lowest BCUT2D eigenvalue weighted by Gasteiger charge is -2.16. The van der Waals surface area contributed by atoms with Gasteiger partial charge in [-0.1, -0.05) is 18.9 Å². The van der Waals surface area contributed by atoms with Crippen LogP contribution in [-0.2, 0) is 6.54 Å². The average Bonchev–Trinajstić information content (AvgIpc) is 3.15. The van der Waals surface area contributed by atoms with E-state index >= 15 is 0 Å². The van der Waals surface area contributed by atoms with E-state index in [2.05, 4.69) is 22.5 Å². The molecule has 0 atom stereocenters. The fraction of sp³-hybridized carbons (Fsp3) is 0.562. The van der Waals surface area contributed by atoms with Gasteiger partial charge >= 0.3 is 0 Å². The van der Waals surface area contributed by atoms with E-state index in [1.807, 2.05) is 18.2 Å². The number of nitrogens with zero attached hydrogens (tertiary/aromatic N) is 1. The number of hydrogen-bond acceptors (Lipinski definition) is 3. The van der Waals surface area contributed by atoms with Crippen LogP contribution in [0.2, 0.25) is 0 Å². The number of ether oxygens (including phenoxy) is 2. The van der Waals surface area contributed by atoms with Crippen LogP contribution in [0.5, 0.6) is 11.5 Å². The number of benzene rings is 1. The molecule has 1 saturated carbocycles. The van der Waals surface area contributed by atoms with Gasteiger partial charge in [0.25, 0.3) is 0 Å². The molecule has 5 heteroatoms. The van der Waals surface area contributed by atoms with Crippen molar-refractivity contribution in [1.82, 2.24) is 10.6 Å². The number of aliphatic imine (C=N–C) groups is 1. The molecular weight excluding hydrogens is 266 g/mol. The summed E-state index contributed by atoms with van der Waals surface area (Å²) in [5.41, 5.74) is 1.13. The van der Waals surface area contributed by atoms with Crippen LogP contribution in [0, 0.1) is 0 Å². The smallest absolute Gasteiger partial charge is 0.231 e. The molecule has 0 spiro atoms. The fourth-order valence-electron chi connectivity index (χ4n) is 2.79. The van der Waals surface area contributed by atoms with Crippen molar-refractivity contribution in [3.8, 4) is 11.5 Å². The van der Waals surface area contributed by atoms with E-state index in [-0.39, 0.29) is 0 Å². The van der Waals surface area contributed by atoms with E-state index < -0.39 is 0 Å². The predicted octanol–water partition coefficient (Wildman–Crippen LogP) is 2.41. The first-order valence-corrected chi connectivity index (χ1v) is 7.78. The van der Waals surface area contributed by atoms with E-state index in [1.54, 1.807) is 0 Å². The molecule has 21 heavy (non-hydrogen) atoms. The third kappa shape index (κ3) is 3.60. The Morgan fingerprint density at radius 2 is 2.05 bits per heavy atom. The van der Waals surface area contributed by atoms with Crippen LogP contribution < -0.4 is 20.1 Å². The lowest BCUT2D eigenvalue weighted by Crippen LogP contribution is -2.42. The van der Waals surface area contributed by atoms with Gasteiger partial charge in [-0.25, -0.2) is 4.99 Å². The Bertz CT molecular complexity index is 510. The van der Waals surface area contributed by atoms with Crippen molar-refractivity contribution in [1.29, 1.82) is 0 Å². The van der Waals surface area contributed by atoms with Crippen LogP contribution in [0.25, 0.3) is 0 Å². The highest BCUT2D eigenvalue weighted by atomic mass is 16.7. The first kappa shape index (κ1) is 14.0. The van der Waals surface area contributed by atoms with Crippen LogP contribution in [0.4, 0.5) is 0 Å². The van der Waals surface area contributed by atoms with Crippen molar-refractivity contribution >= 4 is 5.96 Å². The molecule has 0 saturated heterocycles. The van der Waals surface area contributed by atoms with Crippen LogP contribution >= 0.6 is 0 Å². The number of guanidine groups is 1. The second kappa shape index (κ2) is 6.70. The monoisotopic (exact) mass is 289 g/mol. The van der Waals surface area contributed by atoms with Crippen molar-refractivity contribution in [2.75, 3.05) is 13.3 Å². The molecule has 0 aromatic heterocycles. The third-order valence-corrected chi connectivity index (χ3v) is 3.90. The van der Waals surface area contributed by atoms with Gasteiger partial charge in [-0.3, -0.25) is 0 Å². The largest absolute Gasteiger partial charge is 0.454 e. The minimum atomic E-state index is 0.313. The summed E-state index contributed by atoms with van der Waals surface area (Å²) >= 11 is 0. The Morgan fingerprint density at radius 3 is 2.86 bits per heavy atom. The van der Waals surface area contributed by atoms with Gasteiger partial charge in [0.1, 0.15) is 0 Å². The van der Waals surface area contributed by atoms with E-state index in [0.717, 1.165) is 29.6 Å². The van der Waals surface area contributed by atoms with Gasteiger partial charge < -0.3 is 20.1 Å². The first-order valence-electron chi connectivity index (χ1n) is 7.78. The standard InChI is InChI=1S/C16H23N3O2/c1-2-17-16(19-13-5-3-4-6-13)18-10-12-7-8-14-15(9-12)21-11-20-14/h7-9,13H,2-6,10-11H2,1H3,(H2,17,18,19). The van der Waals surface area contributed by atoms with Gasteiger partial charge in [0, 0.05) is 12.6 Å². The summed E-state index contributed by atoms with van der Waals surface area (Å²) in [6.45, 7) is 3.92. The average molecular weight is 289 g/mol. The fourth-order valence-corrected chi connectivity index (χ4v) is 2.79. The predicted molar refractivity (Wildman–Crippen MR) is 82.8 cm³/mol. The van der Waals surface area contributed by atoms with Gasteiger partial charge in [0.05, 0.1) is 6.54 Å². The van der Waals surface area contributed by atoms with Crippen LogP contribution in [0.3, 0.4) is 0 Å². The maximum absolute atomic E-state index is 5.40. The Kier molecular flexibility index (Phi) is 4.48. The van der Waals surface area contributed by atoms with Gasteiger partial charge in [0.15, 0.2) is 17.5 Å². The Labute approximate surface area is 125 Å². The summed E-state index contributed by atoms with van der Waals surface area (Å²) in [6.07, 6.45) is 5.13. The lowest BCUT2D eigenvalue weighted by atomic mass is 10.2. The quantitative estimate of drug-likeness (QED) is 0.660. The molecule has 1 heterocycles. The molecule has 0 unspecified atom stereocenters. The SMILES string of the molecule is CCNC(=NCc1ccc2c(c1)OCO2)NC1CCCC1. The Morgan fingerprint density at radius 1 is 1.24 bits per heavy atom. The summed E-state index contributed by atoms with van der Waals surface area (Å²) in [5.74, 6) is 2.54. The third-order valence-electron chi connectivity index (χ3n) is 3.90. The molecule has 2 aliphatic rings. The highest BCUT2D eigenvalue weighted by Gasteiger charge is 2.16. The van der Waals surface area contributed by atoms with Gasteiger partial charge in [0.2, 0.25) is 6.79 Å². The number of hydrogen-bond donors (Lipinski definition) is 2. The molecule has 0 bridgehead atoms. The second-order valence-corrected chi connectivity index (χ2v) is 5.51. The molecule has 1 aromatic rings. The number of rotatable bonds is 4. The molecule has 2 N–H and O–H groups in total. The van der Waals surface area contributed by atoms with Gasteiger partial charge in [-0.15, -0.1) is 0 Å². The highest BCUT2D eigenvalue weighted by molar-refractivity contribution is 5.80. The molecular formula is C16H23N3O2. The topological polar surface area (TPSA) is 54.9 Å². The summed E-state index contributed by atoms with van der Waals surface area (Å²) in [7, 11) is 0. The zero-order valence-corrected chi connectivity index (χ0v) is 12.5. The molecule has 5 nitrogen and oxygen atoms in total. The van der Waals surface area contributed by atoms with Crippen molar-refractivity contribution in [3.63, 3.8) is 0 Å². The lowest BCUT2D eigenvalue weighted by molar-refractivity contribution is 0.174. The van der Waals surface area contributed by atoms with Gasteiger partial charge in [-0.2, -0.15) is 0 Å². The molecule has 0 radical (unpaired) electrons. The molecule has 3 rings (SSSR count). The summed E-state index contributed by atoms with van der Waals surface area (Å²) in [5, 5.41) is 6.84. The number of fused-ring (bicyclic) bond motifs is 1. The second-order valence-electron chi connectivity index (χ2n) is 5.51. The number of nitrogens with one attached hydrogen (secondary N) is 2. The van der Waals surface area contributed by atoms with E-state index in [1.165, 1.54) is 25.7 Å². The Hall–Kier alpha value is -1.91. The van der Waals surface area contributed by atoms with E-state index in [0.29, 0.717) is 19.4 Å². The van der Waals surface area contributed by atoms with Crippen molar-refractivity contribution in [2.24, 2.45) is 4.99 Å². The molecule has 1 aromatic carbocycles. The maximum atomic E-state index is 5.40. The normalized spacial score (nSPS) is 18.0. The van der Waals surface area contributed by atoms with E-state index in [9.17, 15) is 0 Å². The van der Waals surface area contributed by atoms with Crippen molar-refractivity contribution in [3.05, 3.63) is 23.8 Å². The summed E-state index contributed by atoms with van der Waals surface area (Å²) in [6, 6.07) is 6.56. The molecule has 114 valence electrons. The zero-order chi connectivity index (χ0) is 14.5. The molecule has 1 fully saturated rings. The highest BCUT2D eigenvalue weighted by Crippen LogP contribution is 2.32. The van der Waals surface area contributed by atoms with E-state index in [4.69, 9.17) is 9.47 Å². The van der Waals surface area contributed by atoms with Crippen LogP contribution in [0.15, 0.2) is 23.2 Å². The summed E-state index contributed by atoms with van der Waals surface area (Å²) < 4.78 is 10.7. The first-order chi connectivity index (χ1) is 10.3. The van der Waals surface area contributed by atoms with Crippen molar-refractivity contribution < 1.29 is 9.47 Å². The Balaban J connectivity index is 1.63. The molecule has 1 aliphatic carbocycles. The minimum Gasteiger partial charge on any atom is -0.454 e.